The SMILES string of the molecule is Cc1cccc(-c2cccnc2-c2ccc(CS(=O)[O-])c(F)c2)c1. The molecular weight excluding hydrogens is 325 g/mol. The molecule has 24 heavy (non-hydrogen) atoms. The minimum absolute atomic E-state index is 0.153. The molecule has 5 heteroatoms. The first-order chi connectivity index (χ1) is 11.5. The Kier molecular flexibility index (Phi) is 4.83. The van der Waals surface area contributed by atoms with Crippen LogP contribution in [0.15, 0.2) is 60.8 Å². The molecule has 0 aliphatic heterocycles. The number of nitrogens with zero attached hydrogens (tertiary/aromatic N) is 1. The van der Waals surface area contributed by atoms with E-state index in [9.17, 15) is 13.2 Å². The first-order valence-corrected chi connectivity index (χ1v) is 8.66. The number of aromatic nitrogens is 1. The molecule has 0 N–H and O–H groups in total. The van der Waals surface area contributed by atoms with E-state index in [0.717, 1.165) is 16.7 Å². The van der Waals surface area contributed by atoms with E-state index in [4.69, 9.17) is 0 Å². The summed E-state index contributed by atoms with van der Waals surface area (Å²) in [5.74, 6) is -0.878. The Hall–Kier alpha value is -2.37. The van der Waals surface area contributed by atoms with Crippen molar-refractivity contribution in [2.24, 2.45) is 0 Å². The van der Waals surface area contributed by atoms with E-state index in [-0.39, 0.29) is 11.3 Å². The Morgan fingerprint density at radius 3 is 2.62 bits per heavy atom. The van der Waals surface area contributed by atoms with Gasteiger partial charge in [-0.2, -0.15) is 0 Å². The predicted octanol–water partition coefficient (Wildman–Crippen LogP) is 4.24. The van der Waals surface area contributed by atoms with E-state index in [1.807, 2.05) is 43.3 Å². The summed E-state index contributed by atoms with van der Waals surface area (Å²) in [6, 6.07) is 16.3. The Bertz CT molecular complexity index is 911. The predicted molar refractivity (Wildman–Crippen MR) is 92.4 cm³/mol. The fourth-order valence-corrected chi connectivity index (χ4v) is 3.11. The lowest BCUT2D eigenvalue weighted by molar-refractivity contribution is 0.533. The van der Waals surface area contributed by atoms with E-state index in [0.29, 0.717) is 11.3 Å². The topological polar surface area (TPSA) is 53.0 Å². The third kappa shape index (κ3) is 3.58. The first-order valence-electron chi connectivity index (χ1n) is 7.41. The maximum absolute atomic E-state index is 14.2. The molecule has 1 unspecified atom stereocenters. The van der Waals surface area contributed by atoms with Crippen molar-refractivity contribution in [3.05, 3.63) is 77.7 Å². The Morgan fingerprint density at radius 2 is 1.92 bits per heavy atom. The van der Waals surface area contributed by atoms with Crippen LogP contribution in [0.2, 0.25) is 0 Å². The van der Waals surface area contributed by atoms with Crippen LogP contribution in [0.25, 0.3) is 22.4 Å². The summed E-state index contributed by atoms with van der Waals surface area (Å²) in [6.45, 7) is 2.01. The molecule has 0 saturated heterocycles. The van der Waals surface area contributed by atoms with E-state index in [2.05, 4.69) is 4.98 Å². The lowest BCUT2D eigenvalue weighted by Gasteiger charge is -2.12. The average Bonchev–Trinajstić information content (AvgIpc) is 2.56. The van der Waals surface area contributed by atoms with E-state index >= 15 is 0 Å². The average molecular weight is 340 g/mol. The van der Waals surface area contributed by atoms with Crippen molar-refractivity contribution < 1.29 is 13.2 Å². The third-order valence-electron chi connectivity index (χ3n) is 3.74. The standard InChI is InChI=1S/C19H16FNO2S/c1-13-4-2-5-14(10-13)17-6-3-9-21-19(17)15-7-8-16(12-24(22)23)18(20)11-15/h2-11H,12H2,1H3,(H,22,23)/p-1. The highest BCUT2D eigenvalue weighted by atomic mass is 32.2. The summed E-state index contributed by atoms with van der Waals surface area (Å²) in [7, 11) is 0. The van der Waals surface area contributed by atoms with Gasteiger partial charge in [-0.05, 0) is 30.2 Å². The van der Waals surface area contributed by atoms with Crippen LogP contribution < -0.4 is 0 Å². The molecule has 0 radical (unpaired) electrons. The van der Waals surface area contributed by atoms with Gasteiger partial charge in [-0.3, -0.25) is 9.19 Å². The maximum atomic E-state index is 14.2. The molecule has 1 aromatic heterocycles. The molecule has 0 saturated carbocycles. The van der Waals surface area contributed by atoms with E-state index < -0.39 is 16.9 Å². The minimum Gasteiger partial charge on any atom is -0.772 e. The minimum atomic E-state index is -2.32. The number of hydrogen-bond donors (Lipinski definition) is 0. The largest absolute Gasteiger partial charge is 0.772 e. The summed E-state index contributed by atoms with van der Waals surface area (Å²) < 4.78 is 35.7. The van der Waals surface area contributed by atoms with Gasteiger partial charge in [0.1, 0.15) is 5.82 Å². The van der Waals surface area contributed by atoms with Crippen LogP contribution in [0.4, 0.5) is 4.39 Å². The number of aryl methyl sites for hydroxylation is 1. The van der Waals surface area contributed by atoms with Crippen molar-refractivity contribution in [1.82, 2.24) is 4.98 Å². The van der Waals surface area contributed by atoms with Gasteiger partial charge in [0.05, 0.1) is 5.69 Å². The highest BCUT2D eigenvalue weighted by Gasteiger charge is 2.11. The highest BCUT2D eigenvalue weighted by Crippen LogP contribution is 2.31. The molecule has 0 amide bonds. The van der Waals surface area contributed by atoms with Crippen LogP contribution in [0, 0.1) is 12.7 Å². The quantitative estimate of drug-likeness (QED) is 0.668. The lowest BCUT2D eigenvalue weighted by atomic mass is 9.97. The smallest absolute Gasteiger partial charge is 0.127 e. The number of hydrogen-bond acceptors (Lipinski definition) is 3. The zero-order valence-corrected chi connectivity index (χ0v) is 13.8. The summed E-state index contributed by atoms with van der Waals surface area (Å²) in [6.07, 6.45) is 1.66. The Labute approximate surface area is 142 Å². The van der Waals surface area contributed by atoms with Gasteiger partial charge in [-0.1, -0.05) is 59.1 Å². The van der Waals surface area contributed by atoms with Gasteiger partial charge in [0.2, 0.25) is 0 Å². The molecule has 0 fully saturated rings. The number of halogens is 1. The number of rotatable bonds is 4. The molecular formula is C19H15FNO2S-. The van der Waals surface area contributed by atoms with Crippen molar-refractivity contribution in [2.75, 3.05) is 0 Å². The van der Waals surface area contributed by atoms with Gasteiger partial charge >= 0.3 is 0 Å². The number of benzene rings is 2. The van der Waals surface area contributed by atoms with Crippen molar-refractivity contribution in [3.63, 3.8) is 0 Å². The first kappa shape index (κ1) is 16.5. The molecule has 1 atom stereocenters. The van der Waals surface area contributed by atoms with Gasteiger partial charge < -0.3 is 4.55 Å². The molecule has 0 bridgehead atoms. The van der Waals surface area contributed by atoms with Crippen molar-refractivity contribution in [2.45, 2.75) is 12.7 Å². The summed E-state index contributed by atoms with van der Waals surface area (Å²) in [5, 5.41) is 0. The second-order valence-corrected chi connectivity index (χ2v) is 6.42. The second-order valence-electron chi connectivity index (χ2n) is 5.52. The van der Waals surface area contributed by atoms with Crippen LogP contribution in [0.3, 0.4) is 0 Å². The molecule has 0 aliphatic carbocycles. The normalized spacial score (nSPS) is 12.1. The molecule has 3 aromatic rings. The van der Waals surface area contributed by atoms with E-state index in [1.54, 1.807) is 12.3 Å². The molecule has 0 spiro atoms. The van der Waals surface area contributed by atoms with Gasteiger partial charge in [-0.25, -0.2) is 4.39 Å². The Balaban J connectivity index is 2.08. The monoisotopic (exact) mass is 340 g/mol. The molecule has 0 aliphatic rings. The van der Waals surface area contributed by atoms with Crippen molar-refractivity contribution >= 4 is 11.1 Å². The second kappa shape index (κ2) is 7.03. The van der Waals surface area contributed by atoms with Crippen molar-refractivity contribution in [1.29, 1.82) is 0 Å². The molecule has 1 heterocycles. The van der Waals surface area contributed by atoms with Gasteiger partial charge in [-0.15, -0.1) is 0 Å². The molecule has 3 nitrogen and oxygen atoms in total. The van der Waals surface area contributed by atoms with E-state index in [1.165, 1.54) is 12.1 Å². The van der Waals surface area contributed by atoms with Crippen LogP contribution in [-0.4, -0.2) is 13.7 Å². The fraction of sp³-hybridized carbons (Fsp3) is 0.105. The summed E-state index contributed by atoms with van der Waals surface area (Å²) in [4.78, 5) is 4.40. The van der Waals surface area contributed by atoms with Crippen LogP contribution in [0.1, 0.15) is 11.1 Å². The fourth-order valence-electron chi connectivity index (χ4n) is 2.62. The zero-order chi connectivity index (χ0) is 17.1. The van der Waals surface area contributed by atoms with Crippen LogP contribution in [-0.2, 0) is 16.8 Å². The maximum Gasteiger partial charge on any atom is 0.127 e. The van der Waals surface area contributed by atoms with Gasteiger partial charge in [0.25, 0.3) is 0 Å². The molecule has 2 aromatic carbocycles. The molecule has 122 valence electrons. The van der Waals surface area contributed by atoms with Gasteiger partial charge in [0.15, 0.2) is 0 Å². The zero-order valence-electron chi connectivity index (χ0n) is 13.0. The summed E-state index contributed by atoms with van der Waals surface area (Å²) in [5.41, 5.74) is 4.47. The molecule has 3 rings (SSSR count). The summed E-state index contributed by atoms with van der Waals surface area (Å²) >= 11 is -2.32. The Morgan fingerprint density at radius 1 is 1.08 bits per heavy atom. The van der Waals surface area contributed by atoms with Crippen molar-refractivity contribution in [3.8, 4) is 22.4 Å². The van der Waals surface area contributed by atoms with Crippen LogP contribution >= 0.6 is 0 Å². The van der Waals surface area contributed by atoms with Crippen LogP contribution in [0.5, 0.6) is 0 Å². The number of pyridine rings is 1. The lowest BCUT2D eigenvalue weighted by Crippen LogP contribution is -1.98. The highest BCUT2D eigenvalue weighted by molar-refractivity contribution is 7.78. The van der Waals surface area contributed by atoms with Gasteiger partial charge in [0, 0.05) is 23.1 Å². The third-order valence-corrected chi connectivity index (χ3v) is 4.28.